The molecule has 2 rings (SSSR count). The van der Waals surface area contributed by atoms with Crippen molar-refractivity contribution in [2.75, 3.05) is 7.05 Å². The number of carbonyl (C=O) groups is 1. The Morgan fingerprint density at radius 3 is 2.69 bits per heavy atom. The van der Waals surface area contributed by atoms with Crippen LogP contribution in [0.4, 0.5) is 0 Å². The molecular formula is C12H13Cl2NO. The van der Waals surface area contributed by atoms with Gasteiger partial charge in [-0.3, -0.25) is 4.79 Å². The van der Waals surface area contributed by atoms with Crippen molar-refractivity contribution >= 4 is 29.1 Å². The van der Waals surface area contributed by atoms with Gasteiger partial charge in [0.05, 0.1) is 0 Å². The molecule has 0 radical (unpaired) electrons. The molecule has 0 N–H and O–H groups in total. The second-order valence-corrected chi connectivity index (χ2v) is 5.05. The van der Waals surface area contributed by atoms with Crippen LogP contribution in [0.15, 0.2) is 18.2 Å². The number of rotatable bonds is 3. The van der Waals surface area contributed by atoms with Gasteiger partial charge in [-0.2, -0.15) is 0 Å². The Morgan fingerprint density at radius 1 is 1.44 bits per heavy atom. The molecule has 4 heteroatoms. The Bertz CT molecular complexity index is 415. The average Bonchev–Trinajstić information content (AvgIpc) is 3.04. The first-order valence-corrected chi connectivity index (χ1v) is 6.02. The molecule has 0 bridgehead atoms. The molecule has 0 aromatic heterocycles. The minimum Gasteiger partial charge on any atom is -0.341 e. The predicted molar refractivity (Wildman–Crippen MR) is 65.7 cm³/mol. The van der Waals surface area contributed by atoms with Crippen LogP contribution in [0.3, 0.4) is 0 Å². The van der Waals surface area contributed by atoms with Crippen LogP contribution in [0.5, 0.6) is 0 Å². The third kappa shape index (κ3) is 2.69. The number of nitrogens with zero attached hydrogens (tertiary/aromatic N) is 1. The second-order valence-electron chi connectivity index (χ2n) is 4.20. The molecule has 1 aliphatic carbocycles. The van der Waals surface area contributed by atoms with E-state index >= 15 is 0 Å². The van der Waals surface area contributed by atoms with Crippen molar-refractivity contribution < 1.29 is 4.79 Å². The highest BCUT2D eigenvalue weighted by atomic mass is 35.5. The van der Waals surface area contributed by atoms with Crippen LogP contribution < -0.4 is 0 Å². The quantitative estimate of drug-likeness (QED) is 0.814. The van der Waals surface area contributed by atoms with Crippen molar-refractivity contribution in [1.82, 2.24) is 4.90 Å². The smallest absolute Gasteiger partial charge is 0.225 e. The molecule has 0 spiro atoms. The van der Waals surface area contributed by atoms with Gasteiger partial charge in [-0.05, 0) is 30.5 Å². The fourth-order valence-electron chi connectivity index (χ4n) is 1.63. The molecule has 86 valence electrons. The SMILES string of the molecule is CN(Cc1ccc(Cl)cc1Cl)C(=O)C1CC1. The summed E-state index contributed by atoms with van der Waals surface area (Å²) in [5.74, 6) is 0.460. The van der Waals surface area contributed by atoms with Gasteiger partial charge in [-0.1, -0.05) is 29.3 Å². The zero-order valence-electron chi connectivity index (χ0n) is 9.04. The highest BCUT2D eigenvalue weighted by molar-refractivity contribution is 6.35. The normalized spacial score (nSPS) is 14.9. The standard InChI is InChI=1S/C12H13Cl2NO/c1-15(12(16)8-2-3-8)7-9-4-5-10(13)6-11(9)14/h4-6,8H,2-3,7H2,1H3. The summed E-state index contributed by atoms with van der Waals surface area (Å²) in [5.41, 5.74) is 0.933. The van der Waals surface area contributed by atoms with E-state index in [1.165, 1.54) is 0 Å². The average molecular weight is 258 g/mol. The van der Waals surface area contributed by atoms with Crippen LogP contribution in [0, 0.1) is 5.92 Å². The van der Waals surface area contributed by atoms with E-state index in [9.17, 15) is 4.79 Å². The number of benzene rings is 1. The van der Waals surface area contributed by atoms with E-state index in [-0.39, 0.29) is 11.8 Å². The Hall–Kier alpha value is -0.730. The van der Waals surface area contributed by atoms with E-state index in [1.807, 2.05) is 13.1 Å². The Balaban J connectivity index is 2.05. The summed E-state index contributed by atoms with van der Waals surface area (Å²) in [7, 11) is 1.81. The largest absolute Gasteiger partial charge is 0.341 e. The Labute approximate surface area is 105 Å². The fraction of sp³-hybridized carbons (Fsp3) is 0.417. The summed E-state index contributed by atoms with van der Waals surface area (Å²) in [6.45, 7) is 0.547. The fourth-order valence-corrected chi connectivity index (χ4v) is 2.09. The molecule has 1 amide bonds. The van der Waals surface area contributed by atoms with Crippen molar-refractivity contribution in [3.63, 3.8) is 0 Å². The molecule has 2 nitrogen and oxygen atoms in total. The van der Waals surface area contributed by atoms with E-state index in [4.69, 9.17) is 23.2 Å². The zero-order valence-corrected chi connectivity index (χ0v) is 10.6. The van der Waals surface area contributed by atoms with Gasteiger partial charge in [0.1, 0.15) is 0 Å². The van der Waals surface area contributed by atoms with Crippen molar-refractivity contribution in [3.05, 3.63) is 33.8 Å². The van der Waals surface area contributed by atoms with Crippen molar-refractivity contribution in [1.29, 1.82) is 0 Å². The molecule has 1 aromatic carbocycles. The van der Waals surface area contributed by atoms with Gasteiger partial charge in [-0.25, -0.2) is 0 Å². The van der Waals surface area contributed by atoms with Gasteiger partial charge in [0.25, 0.3) is 0 Å². The highest BCUT2D eigenvalue weighted by Gasteiger charge is 2.32. The third-order valence-corrected chi connectivity index (χ3v) is 3.31. The van der Waals surface area contributed by atoms with E-state index in [1.54, 1.807) is 17.0 Å². The highest BCUT2D eigenvalue weighted by Crippen LogP contribution is 2.31. The lowest BCUT2D eigenvalue weighted by Gasteiger charge is -2.17. The Morgan fingerprint density at radius 2 is 2.12 bits per heavy atom. The van der Waals surface area contributed by atoms with Gasteiger partial charge in [0, 0.05) is 29.6 Å². The lowest BCUT2D eigenvalue weighted by Crippen LogP contribution is -2.27. The van der Waals surface area contributed by atoms with Crippen LogP contribution in [0.2, 0.25) is 10.0 Å². The van der Waals surface area contributed by atoms with Gasteiger partial charge >= 0.3 is 0 Å². The van der Waals surface area contributed by atoms with Crippen molar-refractivity contribution in [3.8, 4) is 0 Å². The van der Waals surface area contributed by atoms with Gasteiger partial charge in [-0.15, -0.1) is 0 Å². The lowest BCUT2D eigenvalue weighted by molar-refractivity contribution is -0.131. The molecule has 16 heavy (non-hydrogen) atoms. The van der Waals surface area contributed by atoms with Crippen molar-refractivity contribution in [2.45, 2.75) is 19.4 Å². The van der Waals surface area contributed by atoms with Crippen LogP contribution in [0.25, 0.3) is 0 Å². The summed E-state index contributed by atoms with van der Waals surface area (Å²) in [6, 6.07) is 5.35. The zero-order chi connectivity index (χ0) is 11.7. The summed E-state index contributed by atoms with van der Waals surface area (Å²) in [6.07, 6.45) is 2.05. The molecule has 0 unspecified atom stereocenters. The van der Waals surface area contributed by atoms with Crippen molar-refractivity contribution in [2.24, 2.45) is 5.92 Å². The summed E-state index contributed by atoms with van der Waals surface area (Å²) in [4.78, 5) is 13.5. The van der Waals surface area contributed by atoms with Crippen LogP contribution in [-0.4, -0.2) is 17.9 Å². The maximum atomic E-state index is 11.7. The first-order chi connectivity index (χ1) is 7.58. The van der Waals surface area contributed by atoms with E-state index in [0.717, 1.165) is 18.4 Å². The minimum atomic E-state index is 0.214. The van der Waals surface area contributed by atoms with E-state index in [0.29, 0.717) is 16.6 Å². The number of carbonyl (C=O) groups excluding carboxylic acids is 1. The molecule has 0 saturated heterocycles. The minimum absolute atomic E-state index is 0.214. The molecule has 0 heterocycles. The molecule has 1 aromatic rings. The molecule has 0 aliphatic heterocycles. The molecule has 1 fully saturated rings. The number of hydrogen-bond acceptors (Lipinski definition) is 1. The molecule has 0 atom stereocenters. The van der Waals surface area contributed by atoms with Crippen LogP contribution in [0.1, 0.15) is 18.4 Å². The van der Waals surface area contributed by atoms with E-state index in [2.05, 4.69) is 0 Å². The maximum Gasteiger partial charge on any atom is 0.225 e. The number of hydrogen-bond donors (Lipinski definition) is 0. The summed E-state index contributed by atoms with van der Waals surface area (Å²) < 4.78 is 0. The van der Waals surface area contributed by atoms with Crippen LogP contribution in [-0.2, 0) is 11.3 Å². The third-order valence-electron chi connectivity index (χ3n) is 2.73. The summed E-state index contributed by atoms with van der Waals surface area (Å²) >= 11 is 11.9. The number of halogens is 2. The maximum absolute atomic E-state index is 11.7. The van der Waals surface area contributed by atoms with Gasteiger partial charge in [0.2, 0.25) is 5.91 Å². The predicted octanol–water partition coefficient (Wildman–Crippen LogP) is 3.36. The Kier molecular flexibility index (Phi) is 3.41. The van der Waals surface area contributed by atoms with Crippen LogP contribution >= 0.6 is 23.2 Å². The van der Waals surface area contributed by atoms with E-state index < -0.39 is 0 Å². The van der Waals surface area contributed by atoms with Gasteiger partial charge in [0.15, 0.2) is 0 Å². The monoisotopic (exact) mass is 257 g/mol. The molecule has 1 saturated carbocycles. The lowest BCUT2D eigenvalue weighted by atomic mass is 10.2. The first-order valence-electron chi connectivity index (χ1n) is 5.27. The molecule has 1 aliphatic rings. The number of amides is 1. The van der Waals surface area contributed by atoms with Gasteiger partial charge < -0.3 is 4.90 Å². The topological polar surface area (TPSA) is 20.3 Å². The second kappa shape index (κ2) is 4.64. The first kappa shape index (κ1) is 11.7. The molecular weight excluding hydrogens is 245 g/mol. The summed E-state index contributed by atoms with van der Waals surface area (Å²) in [5, 5.41) is 1.23.